The molecule has 1 aromatic rings. The van der Waals surface area contributed by atoms with Gasteiger partial charge in [0.15, 0.2) is 0 Å². The fraction of sp³-hybridized carbons (Fsp3) is 0.625. The van der Waals surface area contributed by atoms with Crippen LogP contribution in [0.5, 0.6) is 5.75 Å². The van der Waals surface area contributed by atoms with Crippen LogP contribution >= 0.6 is 0 Å². The van der Waals surface area contributed by atoms with Gasteiger partial charge in [-0.15, -0.1) is 0 Å². The smallest absolute Gasteiger partial charge is 0.118 e. The molecule has 0 aliphatic carbocycles. The number of likely N-dealkylation sites (N-methyl/N-ethyl adjacent to an activating group) is 1. The number of ether oxygens (including phenoxy) is 2. The van der Waals surface area contributed by atoms with Crippen LogP contribution in [0.15, 0.2) is 24.3 Å². The van der Waals surface area contributed by atoms with Gasteiger partial charge in [0, 0.05) is 19.2 Å². The molecule has 1 aliphatic heterocycles. The Balaban J connectivity index is 1.93. The van der Waals surface area contributed by atoms with Crippen LogP contribution in [0.25, 0.3) is 0 Å². The minimum atomic E-state index is -0.507. The minimum Gasteiger partial charge on any atom is -0.497 e. The number of benzene rings is 1. The highest BCUT2D eigenvalue weighted by Crippen LogP contribution is 2.23. The SMILES string of the molecule is COc1ccc(C(O)C(C)N(C)CC2CCCO2)cc1. The molecule has 20 heavy (non-hydrogen) atoms. The maximum absolute atomic E-state index is 10.5. The highest BCUT2D eigenvalue weighted by Gasteiger charge is 2.24. The van der Waals surface area contributed by atoms with Crippen LogP contribution in [-0.2, 0) is 4.74 Å². The van der Waals surface area contributed by atoms with E-state index in [4.69, 9.17) is 9.47 Å². The molecule has 0 saturated carbocycles. The zero-order valence-corrected chi connectivity index (χ0v) is 12.6. The molecule has 4 nitrogen and oxygen atoms in total. The van der Waals surface area contributed by atoms with E-state index >= 15 is 0 Å². The number of hydrogen-bond acceptors (Lipinski definition) is 4. The first kappa shape index (κ1) is 15.3. The Morgan fingerprint density at radius 3 is 2.65 bits per heavy atom. The van der Waals surface area contributed by atoms with Crippen LogP contribution in [0, 0.1) is 0 Å². The Morgan fingerprint density at radius 2 is 2.10 bits per heavy atom. The van der Waals surface area contributed by atoms with Crippen molar-refractivity contribution in [3.8, 4) is 5.75 Å². The maximum atomic E-state index is 10.5. The lowest BCUT2D eigenvalue weighted by Gasteiger charge is -2.30. The fourth-order valence-corrected chi connectivity index (χ4v) is 2.60. The van der Waals surface area contributed by atoms with Crippen LogP contribution in [0.2, 0.25) is 0 Å². The first-order valence-electron chi connectivity index (χ1n) is 7.25. The zero-order valence-electron chi connectivity index (χ0n) is 12.6. The standard InChI is InChI=1S/C16H25NO3/c1-12(17(2)11-15-5-4-10-20-15)16(18)13-6-8-14(19-3)9-7-13/h6-9,12,15-16,18H,4-5,10-11H2,1-3H3. The largest absolute Gasteiger partial charge is 0.497 e. The molecule has 1 aromatic carbocycles. The molecule has 1 fully saturated rings. The molecule has 1 aliphatic rings. The summed E-state index contributed by atoms with van der Waals surface area (Å²) in [4.78, 5) is 2.17. The summed E-state index contributed by atoms with van der Waals surface area (Å²) in [5.41, 5.74) is 0.914. The molecule has 1 heterocycles. The highest BCUT2D eigenvalue weighted by atomic mass is 16.5. The van der Waals surface area contributed by atoms with Crippen molar-refractivity contribution in [2.24, 2.45) is 0 Å². The van der Waals surface area contributed by atoms with Crippen molar-refractivity contribution in [1.29, 1.82) is 0 Å². The number of rotatable bonds is 6. The third-order valence-electron chi connectivity index (χ3n) is 4.13. The van der Waals surface area contributed by atoms with Crippen molar-refractivity contribution in [2.45, 2.75) is 38.0 Å². The Labute approximate surface area is 121 Å². The quantitative estimate of drug-likeness (QED) is 0.867. The molecule has 112 valence electrons. The number of nitrogens with zero attached hydrogens (tertiary/aromatic N) is 1. The molecular formula is C16H25NO3. The van der Waals surface area contributed by atoms with Gasteiger partial charge >= 0.3 is 0 Å². The lowest BCUT2D eigenvalue weighted by atomic mass is 10.0. The van der Waals surface area contributed by atoms with Crippen LogP contribution in [0.4, 0.5) is 0 Å². The normalized spacial score (nSPS) is 21.9. The second-order valence-corrected chi connectivity index (χ2v) is 5.53. The van der Waals surface area contributed by atoms with Crippen molar-refractivity contribution >= 4 is 0 Å². The molecule has 3 unspecified atom stereocenters. The van der Waals surface area contributed by atoms with Gasteiger partial charge in [0.2, 0.25) is 0 Å². The average Bonchev–Trinajstić information content (AvgIpc) is 2.98. The van der Waals surface area contributed by atoms with Crippen LogP contribution in [0.1, 0.15) is 31.4 Å². The summed E-state index contributed by atoms with van der Waals surface area (Å²) in [5, 5.41) is 10.5. The van der Waals surface area contributed by atoms with E-state index in [2.05, 4.69) is 4.90 Å². The van der Waals surface area contributed by atoms with Gasteiger partial charge in [0.25, 0.3) is 0 Å². The van der Waals surface area contributed by atoms with Gasteiger partial charge in [0.05, 0.1) is 19.3 Å². The van der Waals surface area contributed by atoms with E-state index in [0.29, 0.717) is 6.10 Å². The molecule has 0 radical (unpaired) electrons. The summed E-state index contributed by atoms with van der Waals surface area (Å²) in [6, 6.07) is 7.64. The molecule has 0 aromatic heterocycles. The molecule has 4 heteroatoms. The molecular weight excluding hydrogens is 254 g/mol. The van der Waals surface area contributed by atoms with E-state index < -0.39 is 6.10 Å². The Morgan fingerprint density at radius 1 is 1.40 bits per heavy atom. The Hall–Kier alpha value is -1.10. The number of aliphatic hydroxyl groups is 1. The predicted molar refractivity (Wildman–Crippen MR) is 79.0 cm³/mol. The van der Waals surface area contributed by atoms with Crippen molar-refractivity contribution in [2.75, 3.05) is 27.3 Å². The van der Waals surface area contributed by atoms with E-state index in [9.17, 15) is 5.11 Å². The molecule has 0 amide bonds. The van der Waals surface area contributed by atoms with Gasteiger partial charge in [-0.05, 0) is 44.5 Å². The van der Waals surface area contributed by atoms with Gasteiger partial charge < -0.3 is 14.6 Å². The lowest BCUT2D eigenvalue weighted by molar-refractivity contribution is 0.0295. The van der Waals surface area contributed by atoms with Crippen LogP contribution in [-0.4, -0.2) is 49.5 Å². The van der Waals surface area contributed by atoms with E-state index in [0.717, 1.165) is 37.3 Å². The van der Waals surface area contributed by atoms with E-state index in [1.54, 1.807) is 7.11 Å². The lowest BCUT2D eigenvalue weighted by Crippen LogP contribution is -2.39. The van der Waals surface area contributed by atoms with Gasteiger partial charge in [-0.1, -0.05) is 12.1 Å². The third kappa shape index (κ3) is 3.72. The summed E-state index contributed by atoms with van der Waals surface area (Å²) < 4.78 is 10.8. The molecule has 3 atom stereocenters. The minimum absolute atomic E-state index is 0.0487. The van der Waals surface area contributed by atoms with Crippen LogP contribution in [0.3, 0.4) is 0 Å². The molecule has 1 saturated heterocycles. The number of aliphatic hydroxyl groups excluding tert-OH is 1. The second-order valence-electron chi connectivity index (χ2n) is 5.53. The summed E-state index contributed by atoms with van der Waals surface area (Å²) in [6.07, 6.45) is 2.07. The molecule has 1 N–H and O–H groups in total. The Kier molecular flexibility index (Phi) is 5.40. The van der Waals surface area contributed by atoms with E-state index in [-0.39, 0.29) is 6.04 Å². The molecule has 2 rings (SSSR count). The van der Waals surface area contributed by atoms with Crippen molar-refractivity contribution in [3.05, 3.63) is 29.8 Å². The van der Waals surface area contributed by atoms with E-state index in [1.165, 1.54) is 0 Å². The van der Waals surface area contributed by atoms with E-state index in [1.807, 2.05) is 38.2 Å². The fourth-order valence-electron chi connectivity index (χ4n) is 2.60. The van der Waals surface area contributed by atoms with Gasteiger partial charge in [-0.25, -0.2) is 0 Å². The highest BCUT2D eigenvalue weighted by molar-refractivity contribution is 5.29. The van der Waals surface area contributed by atoms with Gasteiger partial charge in [0.1, 0.15) is 5.75 Å². The maximum Gasteiger partial charge on any atom is 0.118 e. The molecule has 0 bridgehead atoms. The molecule has 0 spiro atoms. The van der Waals surface area contributed by atoms with Crippen molar-refractivity contribution in [1.82, 2.24) is 4.90 Å². The third-order valence-corrected chi connectivity index (χ3v) is 4.13. The zero-order chi connectivity index (χ0) is 14.5. The van der Waals surface area contributed by atoms with Crippen molar-refractivity contribution in [3.63, 3.8) is 0 Å². The summed E-state index contributed by atoms with van der Waals surface area (Å²) in [5.74, 6) is 0.807. The number of methoxy groups -OCH3 is 1. The summed E-state index contributed by atoms with van der Waals surface area (Å²) in [6.45, 7) is 3.78. The summed E-state index contributed by atoms with van der Waals surface area (Å²) in [7, 11) is 3.68. The Bertz CT molecular complexity index is 401. The first-order valence-corrected chi connectivity index (χ1v) is 7.25. The summed E-state index contributed by atoms with van der Waals surface area (Å²) >= 11 is 0. The monoisotopic (exact) mass is 279 g/mol. The average molecular weight is 279 g/mol. The van der Waals surface area contributed by atoms with Crippen molar-refractivity contribution < 1.29 is 14.6 Å². The predicted octanol–water partition coefficient (Wildman–Crippen LogP) is 2.23. The van der Waals surface area contributed by atoms with Gasteiger partial charge in [-0.2, -0.15) is 0 Å². The first-order chi connectivity index (χ1) is 9.61. The van der Waals surface area contributed by atoms with Crippen LogP contribution < -0.4 is 4.74 Å². The number of hydrogen-bond donors (Lipinski definition) is 1. The topological polar surface area (TPSA) is 41.9 Å². The second kappa shape index (κ2) is 7.07. The van der Waals surface area contributed by atoms with Gasteiger partial charge in [-0.3, -0.25) is 4.90 Å².